The van der Waals surface area contributed by atoms with E-state index in [1.807, 2.05) is 16.8 Å². The first-order valence-electron chi connectivity index (χ1n) is 11.4. The Morgan fingerprint density at radius 2 is 2.12 bits per heavy atom. The maximum Gasteiger partial charge on any atom is 0.326 e. The normalized spacial score (nSPS) is 17.6. The summed E-state index contributed by atoms with van der Waals surface area (Å²) < 4.78 is 9.28. The number of hydrogen-bond donors (Lipinski definition) is 1. The molecule has 0 aliphatic carbocycles. The number of imidazole rings is 1. The third-order valence-corrected chi connectivity index (χ3v) is 6.68. The third kappa shape index (κ3) is 3.39. The van der Waals surface area contributed by atoms with Crippen LogP contribution in [0.2, 0.25) is 0 Å². The smallest absolute Gasteiger partial charge is 0.326 e. The summed E-state index contributed by atoms with van der Waals surface area (Å²) in [6, 6.07) is 6.48. The Labute approximate surface area is 186 Å². The van der Waals surface area contributed by atoms with Gasteiger partial charge in [0.25, 0.3) is 0 Å². The Hall–Kier alpha value is -3.13. The summed E-state index contributed by atoms with van der Waals surface area (Å²) in [6.45, 7) is 9.60. The lowest BCUT2D eigenvalue weighted by Gasteiger charge is -2.32. The molecule has 1 aromatic carbocycles. The van der Waals surface area contributed by atoms with Gasteiger partial charge in [-0.1, -0.05) is 20.8 Å². The Bertz CT molecular complexity index is 1330. The quantitative estimate of drug-likeness (QED) is 0.516. The zero-order chi connectivity index (χ0) is 22.4. The molecule has 1 saturated heterocycles. The van der Waals surface area contributed by atoms with Crippen LogP contribution in [0.4, 0.5) is 0 Å². The van der Waals surface area contributed by atoms with E-state index < -0.39 is 0 Å². The van der Waals surface area contributed by atoms with E-state index >= 15 is 0 Å². The molecule has 4 heterocycles. The van der Waals surface area contributed by atoms with Gasteiger partial charge in [-0.25, -0.2) is 14.3 Å². The van der Waals surface area contributed by atoms with Crippen molar-refractivity contribution < 1.29 is 4.74 Å². The number of nitrogens with one attached hydrogen (secondary N) is 1. The number of likely N-dealkylation sites (tertiary alicyclic amines) is 1. The Morgan fingerprint density at radius 1 is 1.28 bits per heavy atom. The number of methoxy groups -OCH3 is 1. The van der Waals surface area contributed by atoms with Crippen LogP contribution in [0.5, 0.6) is 5.75 Å². The predicted octanol–water partition coefficient (Wildman–Crippen LogP) is 3.83. The summed E-state index contributed by atoms with van der Waals surface area (Å²) in [5, 5.41) is 4.30. The van der Waals surface area contributed by atoms with Crippen LogP contribution in [0.3, 0.4) is 0 Å². The summed E-state index contributed by atoms with van der Waals surface area (Å²) in [7, 11) is 1.64. The van der Waals surface area contributed by atoms with Crippen LogP contribution >= 0.6 is 0 Å². The molecule has 8 heteroatoms. The average molecular weight is 435 g/mol. The van der Waals surface area contributed by atoms with E-state index in [-0.39, 0.29) is 17.6 Å². The fourth-order valence-electron chi connectivity index (χ4n) is 5.00. The van der Waals surface area contributed by atoms with Crippen molar-refractivity contribution in [3.8, 4) is 16.9 Å². The topological polar surface area (TPSA) is 80.5 Å². The molecule has 0 bridgehead atoms. The maximum absolute atomic E-state index is 13.0. The van der Waals surface area contributed by atoms with Gasteiger partial charge in [-0.3, -0.25) is 4.57 Å². The highest BCUT2D eigenvalue weighted by Crippen LogP contribution is 2.36. The molecule has 5 rings (SSSR count). The second kappa shape index (κ2) is 8.09. The van der Waals surface area contributed by atoms with Crippen LogP contribution < -0.4 is 10.4 Å². The first-order chi connectivity index (χ1) is 15.5. The van der Waals surface area contributed by atoms with E-state index in [2.05, 4.69) is 52.9 Å². The summed E-state index contributed by atoms with van der Waals surface area (Å²) in [5.41, 5.74) is 5.74. The Morgan fingerprint density at radius 3 is 2.88 bits per heavy atom. The number of benzene rings is 1. The van der Waals surface area contributed by atoms with E-state index in [4.69, 9.17) is 4.74 Å². The van der Waals surface area contributed by atoms with Crippen molar-refractivity contribution in [2.24, 2.45) is 0 Å². The molecular weight excluding hydrogens is 404 g/mol. The zero-order valence-corrected chi connectivity index (χ0v) is 19.1. The van der Waals surface area contributed by atoms with Crippen LogP contribution in [0.25, 0.3) is 27.8 Å². The number of piperidine rings is 1. The van der Waals surface area contributed by atoms with Gasteiger partial charge < -0.3 is 14.6 Å². The molecule has 0 radical (unpaired) electrons. The summed E-state index contributed by atoms with van der Waals surface area (Å²) in [6.07, 6.45) is 5.63. The molecule has 1 atom stereocenters. The zero-order valence-electron chi connectivity index (χ0n) is 19.1. The highest BCUT2D eigenvalue weighted by Gasteiger charge is 2.25. The van der Waals surface area contributed by atoms with Gasteiger partial charge in [-0.2, -0.15) is 5.10 Å². The van der Waals surface area contributed by atoms with Crippen LogP contribution in [0.1, 0.15) is 51.1 Å². The fourth-order valence-corrected chi connectivity index (χ4v) is 5.00. The number of fused-ring (bicyclic) bond motifs is 2. The van der Waals surface area contributed by atoms with Crippen LogP contribution in [-0.4, -0.2) is 55.8 Å². The minimum atomic E-state index is -0.0286. The maximum atomic E-state index is 13.0. The van der Waals surface area contributed by atoms with Crippen molar-refractivity contribution in [2.45, 2.75) is 45.6 Å². The van der Waals surface area contributed by atoms with Gasteiger partial charge in [0.1, 0.15) is 6.33 Å². The second-order valence-corrected chi connectivity index (χ2v) is 8.93. The van der Waals surface area contributed by atoms with Crippen molar-refractivity contribution >= 4 is 16.7 Å². The lowest BCUT2D eigenvalue weighted by Crippen LogP contribution is -2.39. The van der Waals surface area contributed by atoms with Crippen LogP contribution in [-0.2, 0) is 0 Å². The first-order valence-corrected chi connectivity index (χ1v) is 11.4. The van der Waals surface area contributed by atoms with E-state index in [9.17, 15) is 4.79 Å². The van der Waals surface area contributed by atoms with Gasteiger partial charge >= 0.3 is 5.69 Å². The molecule has 168 valence electrons. The molecule has 0 spiro atoms. The molecule has 0 amide bonds. The predicted molar refractivity (Wildman–Crippen MR) is 126 cm³/mol. The Balaban J connectivity index is 1.69. The SMILES string of the molecule is CCN1CCCC(n2c(=O)[nH]c3cc(-c4cc(OC)c5ncnn5c4)c(C(C)C)cc32)C1. The minimum absolute atomic E-state index is 0.0286. The molecule has 4 aromatic rings. The summed E-state index contributed by atoms with van der Waals surface area (Å²) in [4.78, 5) is 22.9. The second-order valence-electron chi connectivity index (χ2n) is 8.93. The molecule has 1 unspecified atom stereocenters. The number of likely N-dealkylation sites (N-methyl/N-ethyl adjacent to an activating group) is 1. The van der Waals surface area contributed by atoms with Crippen molar-refractivity contribution in [1.82, 2.24) is 29.0 Å². The number of aromatic amines is 1. The van der Waals surface area contributed by atoms with E-state index in [0.29, 0.717) is 11.4 Å². The summed E-state index contributed by atoms with van der Waals surface area (Å²) >= 11 is 0. The van der Waals surface area contributed by atoms with Gasteiger partial charge in [0.2, 0.25) is 0 Å². The number of rotatable bonds is 5. The first kappa shape index (κ1) is 20.8. The number of pyridine rings is 1. The molecule has 0 saturated carbocycles. The van der Waals surface area contributed by atoms with Gasteiger partial charge in [-0.15, -0.1) is 0 Å². The van der Waals surface area contributed by atoms with Gasteiger partial charge in [0, 0.05) is 18.3 Å². The van der Waals surface area contributed by atoms with Gasteiger partial charge in [0.15, 0.2) is 11.4 Å². The van der Waals surface area contributed by atoms with E-state index in [0.717, 1.165) is 54.6 Å². The fraction of sp³-hybridized carbons (Fsp3) is 0.458. The van der Waals surface area contributed by atoms with Gasteiger partial charge in [0.05, 0.1) is 24.2 Å². The number of hydrogen-bond acceptors (Lipinski definition) is 5. The van der Waals surface area contributed by atoms with Crippen molar-refractivity contribution in [2.75, 3.05) is 26.7 Å². The molecule has 3 aromatic heterocycles. The van der Waals surface area contributed by atoms with Crippen molar-refractivity contribution in [3.05, 3.63) is 46.8 Å². The molecule has 1 N–H and O–H groups in total. The van der Waals surface area contributed by atoms with Crippen molar-refractivity contribution in [1.29, 1.82) is 0 Å². The molecule has 8 nitrogen and oxygen atoms in total. The number of nitrogens with zero attached hydrogens (tertiary/aromatic N) is 5. The average Bonchev–Trinajstić information content (AvgIpc) is 3.40. The summed E-state index contributed by atoms with van der Waals surface area (Å²) in [5.74, 6) is 0.950. The lowest BCUT2D eigenvalue weighted by atomic mass is 9.92. The monoisotopic (exact) mass is 434 g/mol. The van der Waals surface area contributed by atoms with E-state index in [1.54, 1.807) is 11.6 Å². The molecule has 32 heavy (non-hydrogen) atoms. The third-order valence-electron chi connectivity index (χ3n) is 6.68. The van der Waals surface area contributed by atoms with E-state index in [1.165, 1.54) is 11.9 Å². The van der Waals surface area contributed by atoms with Gasteiger partial charge in [-0.05, 0) is 61.2 Å². The van der Waals surface area contributed by atoms with Crippen molar-refractivity contribution in [3.63, 3.8) is 0 Å². The van der Waals surface area contributed by atoms with Crippen LogP contribution in [0.15, 0.2) is 35.5 Å². The largest absolute Gasteiger partial charge is 0.493 e. The number of H-pyrrole nitrogens is 1. The lowest BCUT2D eigenvalue weighted by molar-refractivity contribution is 0.185. The molecule has 1 aliphatic heterocycles. The number of aromatic nitrogens is 5. The highest BCUT2D eigenvalue weighted by molar-refractivity contribution is 5.85. The standard InChI is InChI=1S/C24H30N6O2/c1-5-28-8-6-7-17(13-28)30-21-11-18(15(2)3)19(10-20(21)27-24(30)31)16-9-22(32-4)23-25-14-26-29(23)12-16/h9-12,14-15,17H,5-8,13H2,1-4H3,(H,27,31). The molecule has 1 fully saturated rings. The van der Waals surface area contributed by atoms with Crippen LogP contribution in [0, 0.1) is 0 Å². The molecular formula is C24H30N6O2. The number of ether oxygens (including phenoxy) is 1. The highest BCUT2D eigenvalue weighted by atomic mass is 16.5. The minimum Gasteiger partial charge on any atom is -0.493 e. The molecule has 1 aliphatic rings. The Kier molecular flexibility index (Phi) is 5.25.